The summed E-state index contributed by atoms with van der Waals surface area (Å²) in [5, 5.41) is 0. The van der Waals surface area contributed by atoms with E-state index in [1.807, 2.05) is 10.6 Å². The summed E-state index contributed by atoms with van der Waals surface area (Å²) in [7, 11) is 0. The highest BCUT2D eigenvalue weighted by atomic mass is 16.1. The van der Waals surface area contributed by atoms with Crippen molar-refractivity contribution in [3.05, 3.63) is 34.2 Å². The van der Waals surface area contributed by atoms with Gasteiger partial charge in [0.1, 0.15) is 0 Å². The van der Waals surface area contributed by atoms with Crippen molar-refractivity contribution in [2.75, 3.05) is 26.2 Å². The minimum absolute atomic E-state index is 0.157. The fourth-order valence-electron chi connectivity index (χ4n) is 3.36. The second kappa shape index (κ2) is 4.27. The number of piperidine rings is 1. The minimum Gasteiger partial charge on any atom is -0.329 e. The Hall–Kier alpha value is -1.13. The van der Waals surface area contributed by atoms with E-state index in [9.17, 15) is 4.79 Å². The van der Waals surface area contributed by atoms with E-state index in [-0.39, 0.29) is 5.56 Å². The standard InChI is InChI=1S/C13H19N3O/c14-4-5-15-7-10-6-11(9-15)12-2-1-3-13(17)16(12)8-10/h1-3,10-11H,4-9,14H2/t10-,11+/m1/s1. The number of hydrogen-bond acceptors (Lipinski definition) is 3. The molecule has 0 spiro atoms. The van der Waals surface area contributed by atoms with Gasteiger partial charge in [0.25, 0.3) is 5.56 Å². The molecule has 0 amide bonds. The Morgan fingerprint density at radius 1 is 1.29 bits per heavy atom. The molecule has 92 valence electrons. The van der Waals surface area contributed by atoms with Crippen LogP contribution < -0.4 is 11.3 Å². The molecule has 2 bridgehead atoms. The zero-order chi connectivity index (χ0) is 11.8. The Bertz CT molecular complexity index is 468. The molecule has 17 heavy (non-hydrogen) atoms. The smallest absolute Gasteiger partial charge is 0.250 e. The summed E-state index contributed by atoms with van der Waals surface area (Å²) in [6.07, 6.45) is 1.23. The van der Waals surface area contributed by atoms with Gasteiger partial charge in [-0.15, -0.1) is 0 Å². The van der Waals surface area contributed by atoms with Crippen LogP contribution in [0.15, 0.2) is 23.0 Å². The van der Waals surface area contributed by atoms with Crippen molar-refractivity contribution in [2.45, 2.75) is 18.9 Å². The summed E-state index contributed by atoms with van der Waals surface area (Å²) in [6.45, 7) is 4.73. The zero-order valence-electron chi connectivity index (χ0n) is 10.0. The Morgan fingerprint density at radius 3 is 3.00 bits per heavy atom. The second-order valence-corrected chi connectivity index (χ2v) is 5.25. The molecular weight excluding hydrogens is 214 g/mol. The topological polar surface area (TPSA) is 51.3 Å². The van der Waals surface area contributed by atoms with Crippen molar-refractivity contribution >= 4 is 0 Å². The maximum atomic E-state index is 11.8. The van der Waals surface area contributed by atoms with Gasteiger partial charge in [0.2, 0.25) is 0 Å². The van der Waals surface area contributed by atoms with Crippen LogP contribution in [0, 0.1) is 5.92 Å². The number of pyridine rings is 1. The van der Waals surface area contributed by atoms with Crippen molar-refractivity contribution < 1.29 is 0 Å². The maximum Gasteiger partial charge on any atom is 0.250 e. The first-order valence-corrected chi connectivity index (χ1v) is 6.40. The zero-order valence-corrected chi connectivity index (χ0v) is 10.0. The average molecular weight is 233 g/mol. The van der Waals surface area contributed by atoms with E-state index in [1.54, 1.807) is 6.07 Å². The van der Waals surface area contributed by atoms with Crippen LogP contribution in [0.2, 0.25) is 0 Å². The van der Waals surface area contributed by atoms with E-state index >= 15 is 0 Å². The molecule has 1 aromatic rings. The molecule has 2 atom stereocenters. The fourth-order valence-corrected chi connectivity index (χ4v) is 3.36. The third-order valence-electron chi connectivity index (χ3n) is 4.00. The first-order valence-electron chi connectivity index (χ1n) is 6.40. The van der Waals surface area contributed by atoms with E-state index < -0.39 is 0 Å². The Morgan fingerprint density at radius 2 is 2.18 bits per heavy atom. The number of aromatic nitrogens is 1. The predicted molar refractivity (Wildman–Crippen MR) is 67.0 cm³/mol. The van der Waals surface area contributed by atoms with Crippen LogP contribution in [0.1, 0.15) is 18.0 Å². The van der Waals surface area contributed by atoms with Gasteiger partial charge in [0.05, 0.1) is 0 Å². The van der Waals surface area contributed by atoms with E-state index in [1.165, 1.54) is 12.1 Å². The van der Waals surface area contributed by atoms with Crippen LogP contribution in [0.5, 0.6) is 0 Å². The molecule has 2 N–H and O–H groups in total. The molecule has 1 saturated heterocycles. The van der Waals surface area contributed by atoms with Gasteiger partial charge < -0.3 is 15.2 Å². The van der Waals surface area contributed by atoms with Gasteiger partial charge in [-0.3, -0.25) is 4.79 Å². The molecule has 0 aromatic carbocycles. The van der Waals surface area contributed by atoms with Crippen molar-refractivity contribution in [3.63, 3.8) is 0 Å². The number of rotatable bonds is 2. The lowest BCUT2D eigenvalue weighted by atomic mass is 9.83. The normalized spacial score (nSPS) is 27.8. The van der Waals surface area contributed by atoms with E-state index in [0.29, 0.717) is 11.8 Å². The van der Waals surface area contributed by atoms with Gasteiger partial charge in [-0.2, -0.15) is 0 Å². The van der Waals surface area contributed by atoms with Gasteiger partial charge in [0.15, 0.2) is 0 Å². The molecule has 2 aliphatic rings. The molecule has 0 saturated carbocycles. The van der Waals surface area contributed by atoms with Gasteiger partial charge in [0, 0.05) is 50.4 Å². The summed E-state index contributed by atoms with van der Waals surface area (Å²) in [6, 6.07) is 5.66. The molecule has 4 nitrogen and oxygen atoms in total. The maximum absolute atomic E-state index is 11.8. The molecule has 0 unspecified atom stereocenters. The monoisotopic (exact) mass is 233 g/mol. The Balaban J connectivity index is 1.93. The fraction of sp³-hybridized carbons (Fsp3) is 0.615. The van der Waals surface area contributed by atoms with Crippen LogP contribution in [0.3, 0.4) is 0 Å². The van der Waals surface area contributed by atoms with E-state index in [4.69, 9.17) is 5.73 Å². The molecule has 4 heteroatoms. The summed E-state index contributed by atoms with van der Waals surface area (Å²) >= 11 is 0. The number of fused-ring (bicyclic) bond motifs is 4. The van der Waals surface area contributed by atoms with Gasteiger partial charge in [-0.05, 0) is 18.4 Å². The lowest BCUT2D eigenvalue weighted by Gasteiger charge is -2.42. The highest BCUT2D eigenvalue weighted by Gasteiger charge is 2.33. The lowest BCUT2D eigenvalue weighted by Crippen LogP contribution is -2.48. The van der Waals surface area contributed by atoms with Gasteiger partial charge in [-0.25, -0.2) is 0 Å². The van der Waals surface area contributed by atoms with Gasteiger partial charge >= 0.3 is 0 Å². The molecule has 2 aliphatic heterocycles. The van der Waals surface area contributed by atoms with Crippen LogP contribution in [0.4, 0.5) is 0 Å². The lowest BCUT2D eigenvalue weighted by molar-refractivity contribution is 0.123. The average Bonchev–Trinajstić information content (AvgIpc) is 2.31. The van der Waals surface area contributed by atoms with Crippen molar-refractivity contribution in [1.29, 1.82) is 0 Å². The highest BCUT2D eigenvalue weighted by Crippen LogP contribution is 2.34. The van der Waals surface area contributed by atoms with Gasteiger partial charge in [-0.1, -0.05) is 6.07 Å². The largest absolute Gasteiger partial charge is 0.329 e. The molecule has 0 radical (unpaired) electrons. The molecular formula is C13H19N3O. The summed E-state index contributed by atoms with van der Waals surface area (Å²) in [4.78, 5) is 14.3. The molecule has 1 aromatic heterocycles. The van der Waals surface area contributed by atoms with Crippen LogP contribution >= 0.6 is 0 Å². The third kappa shape index (κ3) is 1.91. The number of hydrogen-bond donors (Lipinski definition) is 1. The molecule has 1 fully saturated rings. The second-order valence-electron chi connectivity index (χ2n) is 5.25. The van der Waals surface area contributed by atoms with Crippen LogP contribution in [-0.2, 0) is 6.54 Å². The van der Waals surface area contributed by atoms with Crippen LogP contribution in [0.25, 0.3) is 0 Å². The molecule has 3 heterocycles. The van der Waals surface area contributed by atoms with Crippen molar-refractivity contribution in [3.8, 4) is 0 Å². The van der Waals surface area contributed by atoms with E-state index in [2.05, 4.69) is 11.0 Å². The number of nitrogens with two attached hydrogens (primary N) is 1. The molecule has 0 aliphatic carbocycles. The highest BCUT2D eigenvalue weighted by molar-refractivity contribution is 5.16. The number of likely N-dealkylation sites (tertiary alicyclic amines) is 1. The minimum atomic E-state index is 0.157. The summed E-state index contributed by atoms with van der Waals surface area (Å²) in [5.41, 5.74) is 7.01. The summed E-state index contributed by atoms with van der Waals surface area (Å²) < 4.78 is 1.97. The SMILES string of the molecule is NCCN1C[C@H]2C[C@@H](C1)c1cccc(=O)n1C2. The van der Waals surface area contributed by atoms with Crippen molar-refractivity contribution in [2.24, 2.45) is 11.7 Å². The summed E-state index contributed by atoms with van der Waals surface area (Å²) in [5.74, 6) is 1.14. The van der Waals surface area contributed by atoms with Crippen LogP contribution in [-0.4, -0.2) is 35.6 Å². The third-order valence-corrected chi connectivity index (χ3v) is 4.00. The first kappa shape index (κ1) is 11.0. The Labute approximate surface area is 101 Å². The molecule has 3 rings (SSSR count). The first-order chi connectivity index (χ1) is 8.28. The number of nitrogens with zero attached hydrogens (tertiary/aromatic N) is 2. The van der Waals surface area contributed by atoms with Crippen molar-refractivity contribution in [1.82, 2.24) is 9.47 Å². The van der Waals surface area contributed by atoms with E-state index in [0.717, 1.165) is 32.7 Å². The predicted octanol–water partition coefficient (Wildman–Crippen LogP) is 0.226. The Kier molecular flexibility index (Phi) is 2.76. The quantitative estimate of drug-likeness (QED) is 0.795.